The van der Waals surface area contributed by atoms with Gasteiger partial charge in [0.25, 0.3) is 5.91 Å². The standard InChI is InChI=1S/C17H19NO2S/c19-16(14-5-2-1-3-6-14)18-13-17(8-10-20-11-9-17)15-7-4-12-21-15/h1-7,12H,8-11,13H2,(H,18,19). The zero-order chi connectivity index (χ0) is 14.5. The van der Waals surface area contributed by atoms with Crippen LogP contribution < -0.4 is 5.32 Å². The van der Waals surface area contributed by atoms with Crippen molar-refractivity contribution in [1.82, 2.24) is 5.32 Å². The van der Waals surface area contributed by atoms with Crippen molar-refractivity contribution in [1.29, 1.82) is 0 Å². The molecule has 3 rings (SSSR count). The molecule has 1 N–H and O–H groups in total. The van der Waals surface area contributed by atoms with Gasteiger partial charge < -0.3 is 10.1 Å². The Morgan fingerprint density at radius 2 is 1.90 bits per heavy atom. The molecule has 0 spiro atoms. The van der Waals surface area contributed by atoms with Crippen molar-refractivity contribution < 1.29 is 9.53 Å². The Labute approximate surface area is 129 Å². The quantitative estimate of drug-likeness (QED) is 0.941. The highest BCUT2D eigenvalue weighted by Gasteiger charge is 2.35. The van der Waals surface area contributed by atoms with Crippen LogP contribution in [0.5, 0.6) is 0 Å². The van der Waals surface area contributed by atoms with Crippen molar-refractivity contribution in [2.75, 3.05) is 19.8 Å². The second kappa shape index (κ2) is 6.41. The third-order valence-electron chi connectivity index (χ3n) is 4.12. The van der Waals surface area contributed by atoms with Crippen LogP contribution in [0.2, 0.25) is 0 Å². The summed E-state index contributed by atoms with van der Waals surface area (Å²) in [6.45, 7) is 2.20. The maximum absolute atomic E-state index is 12.3. The highest BCUT2D eigenvalue weighted by Crippen LogP contribution is 2.37. The first-order chi connectivity index (χ1) is 10.3. The minimum absolute atomic E-state index is 0.00183. The molecule has 21 heavy (non-hydrogen) atoms. The Morgan fingerprint density at radius 1 is 1.14 bits per heavy atom. The summed E-state index contributed by atoms with van der Waals surface area (Å²) < 4.78 is 5.51. The molecule has 1 aliphatic rings. The average Bonchev–Trinajstić information content (AvgIpc) is 3.09. The fourth-order valence-corrected chi connectivity index (χ4v) is 3.78. The maximum atomic E-state index is 12.3. The van der Waals surface area contributed by atoms with E-state index in [1.807, 2.05) is 30.3 Å². The molecule has 0 unspecified atom stereocenters. The zero-order valence-corrected chi connectivity index (χ0v) is 12.7. The lowest BCUT2D eigenvalue weighted by molar-refractivity contribution is 0.0499. The van der Waals surface area contributed by atoms with Gasteiger partial charge in [-0.05, 0) is 36.4 Å². The number of rotatable bonds is 4. The van der Waals surface area contributed by atoms with Gasteiger partial charge in [0, 0.05) is 35.6 Å². The fraction of sp³-hybridized carbons (Fsp3) is 0.353. The van der Waals surface area contributed by atoms with Crippen molar-refractivity contribution >= 4 is 17.2 Å². The van der Waals surface area contributed by atoms with E-state index in [0.717, 1.165) is 26.1 Å². The number of benzene rings is 1. The van der Waals surface area contributed by atoms with Crippen molar-refractivity contribution in [3.63, 3.8) is 0 Å². The molecule has 4 heteroatoms. The second-order valence-electron chi connectivity index (χ2n) is 5.42. The van der Waals surface area contributed by atoms with Gasteiger partial charge in [-0.25, -0.2) is 0 Å². The normalized spacial score (nSPS) is 17.3. The SMILES string of the molecule is O=C(NCC1(c2cccs2)CCOCC1)c1ccccc1. The first kappa shape index (κ1) is 14.3. The van der Waals surface area contributed by atoms with Crippen LogP contribution >= 0.6 is 11.3 Å². The number of hydrogen-bond acceptors (Lipinski definition) is 3. The van der Waals surface area contributed by atoms with Crippen molar-refractivity contribution in [2.45, 2.75) is 18.3 Å². The first-order valence-electron chi connectivity index (χ1n) is 7.25. The molecule has 1 aromatic carbocycles. The molecule has 0 saturated carbocycles. The highest BCUT2D eigenvalue weighted by atomic mass is 32.1. The van der Waals surface area contributed by atoms with Crippen LogP contribution in [0.4, 0.5) is 0 Å². The average molecular weight is 301 g/mol. The van der Waals surface area contributed by atoms with Gasteiger partial charge in [-0.1, -0.05) is 24.3 Å². The van der Waals surface area contributed by atoms with E-state index >= 15 is 0 Å². The number of carbonyl (C=O) groups is 1. The smallest absolute Gasteiger partial charge is 0.251 e. The lowest BCUT2D eigenvalue weighted by Crippen LogP contribution is -2.44. The molecular formula is C17H19NO2S. The fourth-order valence-electron chi connectivity index (χ4n) is 2.79. The van der Waals surface area contributed by atoms with Gasteiger partial charge in [0.2, 0.25) is 0 Å². The molecule has 0 radical (unpaired) electrons. The first-order valence-corrected chi connectivity index (χ1v) is 8.13. The third-order valence-corrected chi connectivity index (χ3v) is 5.23. The molecule has 1 aromatic heterocycles. The van der Waals surface area contributed by atoms with Crippen LogP contribution in [0.15, 0.2) is 47.8 Å². The van der Waals surface area contributed by atoms with Crippen LogP contribution in [0.25, 0.3) is 0 Å². The molecule has 1 aliphatic heterocycles. The van der Waals surface area contributed by atoms with E-state index in [0.29, 0.717) is 12.1 Å². The van der Waals surface area contributed by atoms with E-state index in [2.05, 4.69) is 22.8 Å². The van der Waals surface area contributed by atoms with Crippen LogP contribution in [0, 0.1) is 0 Å². The van der Waals surface area contributed by atoms with Crippen molar-refractivity contribution in [3.8, 4) is 0 Å². The Balaban J connectivity index is 1.72. The predicted molar refractivity (Wildman–Crippen MR) is 84.8 cm³/mol. The van der Waals surface area contributed by atoms with Crippen LogP contribution in [-0.4, -0.2) is 25.7 Å². The van der Waals surface area contributed by atoms with E-state index in [1.165, 1.54) is 4.88 Å². The molecule has 0 aliphatic carbocycles. The molecule has 1 amide bonds. The Hall–Kier alpha value is -1.65. The number of hydrogen-bond donors (Lipinski definition) is 1. The Bertz CT molecular complexity index is 574. The summed E-state index contributed by atoms with van der Waals surface area (Å²) in [4.78, 5) is 13.6. The summed E-state index contributed by atoms with van der Waals surface area (Å²) in [5.41, 5.74) is 0.738. The van der Waals surface area contributed by atoms with Gasteiger partial charge >= 0.3 is 0 Å². The van der Waals surface area contributed by atoms with Crippen LogP contribution in [-0.2, 0) is 10.2 Å². The molecule has 110 valence electrons. The van der Waals surface area contributed by atoms with Gasteiger partial charge in [0.1, 0.15) is 0 Å². The van der Waals surface area contributed by atoms with E-state index in [1.54, 1.807) is 11.3 Å². The monoisotopic (exact) mass is 301 g/mol. The minimum atomic E-state index is -0.00183. The van der Waals surface area contributed by atoms with Gasteiger partial charge in [-0.15, -0.1) is 11.3 Å². The maximum Gasteiger partial charge on any atom is 0.251 e. The molecule has 0 bridgehead atoms. The van der Waals surface area contributed by atoms with E-state index < -0.39 is 0 Å². The summed E-state index contributed by atoms with van der Waals surface area (Å²) >= 11 is 1.77. The summed E-state index contributed by atoms with van der Waals surface area (Å²) in [5.74, 6) is -0.00183. The van der Waals surface area contributed by atoms with E-state index in [-0.39, 0.29) is 11.3 Å². The number of nitrogens with one attached hydrogen (secondary N) is 1. The molecule has 1 fully saturated rings. The lowest BCUT2D eigenvalue weighted by atomic mass is 9.78. The molecule has 1 saturated heterocycles. The van der Waals surface area contributed by atoms with E-state index in [4.69, 9.17) is 4.74 Å². The molecular weight excluding hydrogens is 282 g/mol. The van der Waals surface area contributed by atoms with Gasteiger partial charge in [0.05, 0.1) is 0 Å². The number of thiophene rings is 1. The summed E-state index contributed by atoms with van der Waals surface area (Å²) in [7, 11) is 0. The number of ether oxygens (including phenoxy) is 1. The molecule has 2 aromatic rings. The van der Waals surface area contributed by atoms with Gasteiger partial charge in [-0.2, -0.15) is 0 Å². The zero-order valence-electron chi connectivity index (χ0n) is 11.9. The Morgan fingerprint density at radius 3 is 2.57 bits per heavy atom. The summed E-state index contributed by atoms with van der Waals surface area (Å²) in [5, 5.41) is 5.21. The highest BCUT2D eigenvalue weighted by molar-refractivity contribution is 7.10. The van der Waals surface area contributed by atoms with Crippen molar-refractivity contribution in [2.24, 2.45) is 0 Å². The lowest BCUT2D eigenvalue weighted by Gasteiger charge is -2.36. The number of amides is 1. The van der Waals surface area contributed by atoms with E-state index in [9.17, 15) is 4.79 Å². The second-order valence-corrected chi connectivity index (χ2v) is 6.37. The van der Waals surface area contributed by atoms with Gasteiger partial charge in [0.15, 0.2) is 0 Å². The van der Waals surface area contributed by atoms with Crippen LogP contribution in [0.3, 0.4) is 0 Å². The summed E-state index contributed by atoms with van der Waals surface area (Å²) in [6, 6.07) is 13.6. The summed E-state index contributed by atoms with van der Waals surface area (Å²) in [6.07, 6.45) is 1.92. The van der Waals surface area contributed by atoms with Crippen LogP contribution in [0.1, 0.15) is 28.1 Å². The third kappa shape index (κ3) is 3.17. The van der Waals surface area contributed by atoms with Gasteiger partial charge in [-0.3, -0.25) is 4.79 Å². The molecule has 0 atom stereocenters. The Kier molecular flexibility index (Phi) is 4.36. The predicted octanol–water partition coefficient (Wildman–Crippen LogP) is 3.23. The topological polar surface area (TPSA) is 38.3 Å². The van der Waals surface area contributed by atoms with Crippen molar-refractivity contribution in [3.05, 3.63) is 58.3 Å². The molecule has 2 heterocycles. The largest absolute Gasteiger partial charge is 0.381 e. The molecule has 3 nitrogen and oxygen atoms in total. The number of carbonyl (C=O) groups excluding carboxylic acids is 1. The minimum Gasteiger partial charge on any atom is -0.381 e.